The predicted octanol–water partition coefficient (Wildman–Crippen LogP) is 11.3. The summed E-state index contributed by atoms with van der Waals surface area (Å²) in [6.07, 6.45) is 45.9. The highest BCUT2D eigenvalue weighted by molar-refractivity contribution is 7.47. The van der Waals surface area contributed by atoms with Crippen molar-refractivity contribution in [2.24, 2.45) is 0 Å². The minimum atomic E-state index is -4.64. The van der Waals surface area contributed by atoms with E-state index in [1.807, 2.05) is 12.2 Å². The Morgan fingerprint density at radius 3 is 1.52 bits per heavy atom. The van der Waals surface area contributed by atoms with Gasteiger partial charge in [-0.1, -0.05) is 145 Å². The number of hydrogen-bond acceptors (Lipinski definition) is 9. The van der Waals surface area contributed by atoms with Gasteiger partial charge in [0, 0.05) is 12.8 Å². The van der Waals surface area contributed by atoms with Crippen LogP contribution in [0.2, 0.25) is 0 Å². The van der Waals surface area contributed by atoms with E-state index in [0.717, 1.165) is 64.2 Å². The Kier molecular flexibility index (Phi) is 38.7. The first-order valence-electron chi connectivity index (χ1n) is 21.4. The number of allylic oxidation sites excluding steroid dienone is 12. The van der Waals surface area contributed by atoms with E-state index in [4.69, 9.17) is 19.1 Å². The van der Waals surface area contributed by atoms with Crippen LogP contribution in [0.4, 0.5) is 0 Å². The highest BCUT2D eigenvalue weighted by Crippen LogP contribution is 2.43. The fourth-order valence-electron chi connectivity index (χ4n) is 5.26. The molecule has 0 saturated heterocycles. The maximum Gasteiger partial charge on any atom is 0.472 e. The van der Waals surface area contributed by atoms with Gasteiger partial charge in [0.25, 0.3) is 0 Å². The lowest BCUT2D eigenvalue weighted by molar-refractivity contribution is -0.161. The van der Waals surface area contributed by atoms with E-state index in [0.29, 0.717) is 12.8 Å². The summed E-state index contributed by atoms with van der Waals surface area (Å²) in [6, 6.07) is 0. The minimum Gasteiger partial charge on any atom is -0.462 e. The van der Waals surface area contributed by atoms with Crippen molar-refractivity contribution in [2.75, 3.05) is 26.4 Å². The molecule has 0 saturated carbocycles. The second kappa shape index (κ2) is 40.6. The summed E-state index contributed by atoms with van der Waals surface area (Å²) in [5, 5.41) is 18.3. The number of ether oxygens (including phenoxy) is 2. The van der Waals surface area contributed by atoms with Crippen LogP contribution in [0.1, 0.15) is 162 Å². The van der Waals surface area contributed by atoms with E-state index >= 15 is 0 Å². The molecule has 0 aromatic heterocycles. The average Bonchev–Trinajstić information content (AvgIpc) is 3.19. The van der Waals surface area contributed by atoms with Crippen molar-refractivity contribution < 1.29 is 47.8 Å². The zero-order valence-corrected chi connectivity index (χ0v) is 35.7. The standard InChI is InChI=1S/C45H77O10P/c1-3-5-7-9-11-13-15-17-19-20-21-22-23-25-26-28-30-32-34-36-44(48)52-40-43(41-54-56(50,51)53-39-42(47)38-46)55-45(49)37-35-33-31-29-27-24-18-16-14-12-10-8-6-4-2/h11,13,16-19,21-22,25-26,30,32,42-43,46-47H,3-10,12,14-15,20,23-24,27-29,31,33-41H2,1-2H3,(H,50,51)/b13-11+,18-16+,19-17+,22-21+,26-25+,32-30+/t42-,43+/m1/s1. The third-order valence-electron chi connectivity index (χ3n) is 8.60. The highest BCUT2D eigenvalue weighted by atomic mass is 31.2. The van der Waals surface area contributed by atoms with Crippen LogP contribution < -0.4 is 0 Å². The number of unbranched alkanes of at least 4 members (excludes halogenated alkanes) is 13. The van der Waals surface area contributed by atoms with Gasteiger partial charge in [-0.3, -0.25) is 18.6 Å². The van der Waals surface area contributed by atoms with Crippen molar-refractivity contribution in [1.29, 1.82) is 0 Å². The number of carbonyl (C=O) groups is 2. The minimum absolute atomic E-state index is 0.113. The molecule has 0 aromatic carbocycles. The summed E-state index contributed by atoms with van der Waals surface area (Å²) in [7, 11) is -4.64. The van der Waals surface area contributed by atoms with Gasteiger partial charge >= 0.3 is 19.8 Å². The molecular weight excluding hydrogens is 731 g/mol. The molecule has 0 radical (unpaired) electrons. The molecule has 0 heterocycles. The van der Waals surface area contributed by atoms with Crippen LogP contribution in [0.3, 0.4) is 0 Å². The number of phosphoric acid groups is 1. The van der Waals surface area contributed by atoms with Crippen LogP contribution >= 0.6 is 7.82 Å². The Hall–Kier alpha value is -2.59. The monoisotopic (exact) mass is 809 g/mol. The van der Waals surface area contributed by atoms with Crippen molar-refractivity contribution in [3.05, 3.63) is 72.9 Å². The van der Waals surface area contributed by atoms with Gasteiger partial charge in [0.15, 0.2) is 6.10 Å². The second-order valence-electron chi connectivity index (χ2n) is 14.0. The molecule has 56 heavy (non-hydrogen) atoms. The molecular formula is C45H77O10P. The molecule has 3 N–H and O–H groups in total. The molecule has 0 aromatic rings. The lowest BCUT2D eigenvalue weighted by Crippen LogP contribution is -2.29. The molecule has 322 valence electrons. The Morgan fingerprint density at radius 2 is 0.964 bits per heavy atom. The number of aliphatic hydroxyl groups is 2. The number of phosphoric ester groups is 1. The van der Waals surface area contributed by atoms with Crippen molar-refractivity contribution in [3.63, 3.8) is 0 Å². The molecule has 0 aliphatic rings. The van der Waals surface area contributed by atoms with E-state index in [-0.39, 0.29) is 19.4 Å². The van der Waals surface area contributed by atoms with Crippen LogP contribution in [0.5, 0.6) is 0 Å². The lowest BCUT2D eigenvalue weighted by Gasteiger charge is -2.20. The normalized spacial score (nSPS) is 14.6. The summed E-state index contributed by atoms with van der Waals surface area (Å²) < 4.78 is 32.6. The van der Waals surface area contributed by atoms with E-state index in [1.54, 1.807) is 0 Å². The van der Waals surface area contributed by atoms with Crippen LogP contribution in [-0.2, 0) is 32.7 Å². The smallest absolute Gasteiger partial charge is 0.462 e. The summed E-state index contributed by atoms with van der Waals surface area (Å²) in [5.41, 5.74) is 0. The van der Waals surface area contributed by atoms with Gasteiger partial charge in [0.2, 0.25) is 0 Å². The SMILES string of the molecule is CCCCC/C=C/C/C=C/C/C=C/C/C=C/C/C=C/CCC(=O)OC[C@@H](COP(=O)(O)OC[C@H](O)CO)OC(=O)CCCCCCC/C=C/CCCCCCC. The predicted molar refractivity (Wildman–Crippen MR) is 228 cm³/mol. The molecule has 0 aliphatic heterocycles. The van der Waals surface area contributed by atoms with E-state index in [2.05, 4.69) is 79.1 Å². The van der Waals surface area contributed by atoms with Crippen molar-refractivity contribution in [1.82, 2.24) is 0 Å². The van der Waals surface area contributed by atoms with Gasteiger partial charge in [-0.2, -0.15) is 0 Å². The number of esters is 2. The number of carbonyl (C=O) groups excluding carboxylic acids is 2. The Bertz CT molecular complexity index is 1160. The third kappa shape index (κ3) is 39.6. The maximum atomic E-state index is 12.6. The number of aliphatic hydroxyl groups excluding tert-OH is 2. The lowest BCUT2D eigenvalue weighted by atomic mass is 10.1. The van der Waals surface area contributed by atoms with Crippen LogP contribution in [0.25, 0.3) is 0 Å². The van der Waals surface area contributed by atoms with Crippen molar-refractivity contribution in [2.45, 2.75) is 174 Å². The van der Waals surface area contributed by atoms with Crippen molar-refractivity contribution in [3.8, 4) is 0 Å². The number of hydrogen-bond donors (Lipinski definition) is 3. The van der Waals surface area contributed by atoms with E-state index < -0.39 is 51.8 Å². The molecule has 10 nitrogen and oxygen atoms in total. The fraction of sp³-hybridized carbons (Fsp3) is 0.689. The topological polar surface area (TPSA) is 149 Å². The molecule has 0 spiro atoms. The molecule has 11 heteroatoms. The average molecular weight is 809 g/mol. The first-order chi connectivity index (χ1) is 27.2. The van der Waals surface area contributed by atoms with Crippen LogP contribution in [-0.4, -0.2) is 65.7 Å². The highest BCUT2D eigenvalue weighted by Gasteiger charge is 2.27. The zero-order chi connectivity index (χ0) is 41.2. The number of rotatable bonds is 39. The summed E-state index contributed by atoms with van der Waals surface area (Å²) in [4.78, 5) is 34.9. The Balaban J connectivity index is 4.45. The van der Waals surface area contributed by atoms with Gasteiger partial charge < -0.3 is 24.6 Å². The molecule has 0 fully saturated rings. The van der Waals surface area contributed by atoms with Gasteiger partial charge in [-0.05, 0) is 77.0 Å². The summed E-state index contributed by atoms with van der Waals surface area (Å²) in [5.74, 6) is -1.04. The van der Waals surface area contributed by atoms with Gasteiger partial charge in [0.05, 0.1) is 19.8 Å². The molecule has 0 aliphatic carbocycles. The van der Waals surface area contributed by atoms with Crippen LogP contribution in [0.15, 0.2) is 72.9 Å². The Labute approximate surface area is 339 Å². The quantitative estimate of drug-likeness (QED) is 0.0237. The summed E-state index contributed by atoms with van der Waals surface area (Å²) in [6.45, 7) is 2.23. The fourth-order valence-corrected chi connectivity index (χ4v) is 6.05. The summed E-state index contributed by atoms with van der Waals surface area (Å²) >= 11 is 0. The first kappa shape index (κ1) is 53.4. The van der Waals surface area contributed by atoms with Gasteiger partial charge in [-0.25, -0.2) is 4.57 Å². The van der Waals surface area contributed by atoms with Gasteiger partial charge in [0.1, 0.15) is 12.7 Å². The van der Waals surface area contributed by atoms with Crippen molar-refractivity contribution >= 4 is 19.8 Å². The zero-order valence-electron chi connectivity index (χ0n) is 34.8. The maximum absolute atomic E-state index is 12.6. The van der Waals surface area contributed by atoms with Gasteiger partial charge in [-0.15, -0.1) is 0 Å². The molecule has 3 atom stereocenters. The second-order valence-corrected chi connectivity index (χ2v) is 15.5. The van der Waals surface area contributed by atoms with Crippen LogP contribution in [0, 0.1) is 0 Å². The van der Waals surface area contributed by atoms with E-state index in [1.165, 1.54) is 57.8 Å². The molecule has 0 amide bonds. The molecule has 1 unspecified atom stereocenters. The molecule has 0 rings (SSSR count). The third-order valence-corrected chi connectivity index (χ3v) is 9.55. The Morgan fingerprint density at radius 1 is 0.536 bits per heavy atom. The molecule has 0 bridgehead atoms. The first-order valence-corrected chi connectivity index (χ1v) is 22.9. The largest absolute Gasteiger partial charge is 0.472 e. The van der Waals surface area contributed by atoms with E-state index in [9.17, 15) is 24.2 Å².